The smallest absolute Gasteiger partial charge is 0.185 e. The lowest BCUT2D eigenvalue weighted by atomic mass is 9.90. The van der Waals surface area contributed by atoms with E-state index < -0.39 is 0 Å². The van der Waals surface area contributed by atoms with Crippen molar-refractivity contribution in [2.45, 2.75) is 45.6 Å². The van der Waals surface area contributed by atoms with Gasteiger partial charge in [-0.15, -0.1) is 0 Å². The SMILES string of the molecule is BN1CCC(CCc2noc3c(CO)c(OCCC)ccc23)CC1. The fourth-order valence-electron chi connectivity index (χ4n) is 3.46. The van der Waals surface area contributed by atoms with Gasteiger partial charge in [0.2, 0.25) is 0 Å². The second-order valence-corrected chi connectivity index (χ2v) is 6.84. The summed E-state index contributed by atoms with van der Waals surface area (Å²) in [6.07, 6.45) is 5.55. The van der Waals surface area contributed by atoms with Crippen LogP contribution in [0.1, 0.15) is 43.9 Å². The summed E-state index contributed by atoms with van der Waals surface area (Å²) < 4.78 is 11.3. The normalized spacial score (nSPS) is 16.8. The number of rotatable bonds is 7. The maximum Gasteiger partial charge on any atom is 0.185 e. The van der Waals surface area contributed by atoms with Gasteiger partial charge in [0, 0.05) is 5.39 Å². The lowest BCUT2D eigenvalue weighted by molar-refractivity contribution is 0.261. The van der Waals surface area contributed by atoms with Crippen LogP contribution in [0.15, 0.2) is 16.7 Å². The molecular weight excluding hydrogens is 303 g/mol. The Morgan fingerprint density at radius 1 is 1.38 bits per heavy atom. The number of fused-ring (bicyclic) bond motifs is 1. The molecule has 2 aromatic rings. The average Bonchev–Trinajstić information content (AvgIpc) is 3.02. The molecule has 1 aliphatic heterocycles. The highest BCUT2D eigenvalue weighted by atomic mass is 16.5. The third kappa shape index (κ3) is 3.76. The predicted molar refractivity (Wildman–Crippen MR) is 96.9 cm³/mol. The number of aliphatic hydroxyl groups is 1. The molecule has 1 N–H and O–H groups in total. The third-order valence-electron chi connectivity index (χ3n) is 5.02. The molecule has 5 nitrogen and oxygen atoms in total. The van der Waals surface area contributed by atoms with E-state index in [9.17, 15) is 5.11 Å². The molecule has 1 aliphatic rings. The Hall–Kier alpha value is -1.53. The first kappa shape index (κ1) is 17.3. The van der Waals surface area contributed by atoms with Crippen molar-refractivity contribution in [3.8, 4) is 5.75 Å². The van der Waals surface area contributed by atoms with E-state index in [-0.39, 0.29) is 6.61 Å². The molecule has 0 unspecified atom stereocenters. The Labute approximate surface area is 144 Å². The number of ether oxygens (including phenoxy) is 1. The number of aromatic nitrogens is 1. The minimum atomic E-state index is -0.0972. The molecule has 130 valence electrons. The number of aliphatic hydroxyl groups excluding tert-OH is 1. The number of hydrogen-bond acceptors (Lipinski definition) is 5. The van der Waals surface area contributed by atoms with Crippen molar-refractivity contribution in [1.82, 2.24) is 9.97 Å². The lowest BCUT2D eigenvalue weighted by Gasteiger charge is -2.29. The molecule has 0 amide bonds. The summed E-state index contributed by atoms with van der Waals surface area (Å²) in [6, 6.07) is 3.94. The van der Waals surface area contributed by atoms with E-state index in [0.29, 0.717) is 23.5 Å². The Balaban J connectivity index is 1.73. The number of hydrogen-bond donors (Lipinski definition) is 1. The molecule has 0 bridgehead atoms. The summed E-state index contributed by atoms with van der Waals surface area (Å²) in [4.78, 5) is 2.40. The van der Waals surface area contributed by atoms with Crippen LogP contribution >= 0.6 is 0 Å². The van der Waals surface area contributed by atoms with Crippen molar-refractivity contribution in [2.75, 3.05) is 19.7 Å². The molecule has 1 aromatic carbocycles. The summed E-state index contributed by atoms with van der Waals surface area (Å²) in [5, 5.41) is 15.0. The van der Waals surface area contributed by atoms with Crippen molar-refractivity contribution < 1.29 is 14.4 Å². The summed E-state index contributed by atoms with van der Waals surface area (Å²) in [7, 11) is 2.19. The number of nitrogens with zero attached hydrogens (tertiary/aromatic N) is 2. The third-order valence-corrected chi connectivity index (χ3v) is 5.02. The standard InChI is InChI=1S/C18H27BN2O3/c1-2-11-23-17-6-4-14-16(20-24-18(14)15(17)12-22)5-3-13-7-9-21(19)10-8-13/h4,6,13,22H,2-3,5,7-12,19H2,1H3. The summed E-state index contributed by atoms with van der Waals surface area (Å²) in [5.74, 6) is 1.47. The van der Waals surface area contributed by atoms with Gasteiger partial charge in [-0.2, -0.15) is 0 Å². The average molecular weight is 330 g/mol. The summed E-state index contributed by atoms with van der Waals surface area (Å²) >= 11 is 0. The minimum absolute atomic E-state index is 0.0972. The van der Waals surface area contributed by atoms with E-state index in [1.807, 2.05) is 12.1 Å². The molecule has 1 aromatic heterocycles. The maximum atomic E-state index is 9.71. The molecule has 6 heteroatoms. The van der Waals surface area contributed by atoms with Gasteiger partial charge in [-0.3, -0.25) is 0 Å². The van der Waals surface area contributed by atoms with E-state index in [2.05, 4.69) is 24.9 Å². The number of piperidine rings is 1. The first-order valence-electron chi connectivity index (χ1n) is 9.05. The quantitative estimate of drug-likeness (QED) is 0.790. The van der Waals surface area contributed by atoms with E-state index >= 15 is 0 Å². The first-order valence-corrected chi connectivity index (χ1v) is 9.05. The zero-order valence-electron chi connectivity index (χ0n) is 14.8. The van der Waals surface area contributed by atoms with Crippen molar-refractivity contribution in [2.24, 2.45) is 5.92 Å². The van der Waals surface area contributed by atoms with Gasteiger partial charge in [-0.1, -0.05) is 12.1 Å². The number of benzene rings is 1. The van der Waals surface area contributed by atoms with Crippen LogP contribution in [0, 0.1) is 5.92 Å². The van der Waals surface area contributed by atoms with Crippen LogP contribution in [-0.2, 0) is 13.0 Å². The van der Waals surface area contributed by atoms with Crippen LogP contribution in [0.2, 0.25) is 0 Å². The van der Waals surface area contributed by atoms with Gasteiger partial charge in [-0.25, -0.2) is 0 Å². The van der Waals surface area contributed by atoms with Crippen LogP contribution in [-0.4, -0.2) is 42.8 Å². The second kappa shape index (κ2) is 8.03. The molecular formula is C18H27BN2O3. The molecule has 2 heterocycles. The van der Waals surface area contributed by atoms with E-state index in [1.165, 1.54) is 25.9 Å². The van der Waals surface area contributed by atoms with Gasteiger partial charge in [0.15, 0.2) is 13.6 Å². The fourth-order valence-corrected chi connectivity index (χ4v) is 3.46. The van der Waals surface area contributed by atoms with E-state index in [4.69, 9.17) is 9.26 Å². The monoisotopic (exact) mass is 330 g/mol. The first-order chi connectivity index (χ1) is 11.7. The van der Waals surface area contributed by atoms with Crippen LogP contribution < -0.4 is 4.74 Å². The molecule has 24 heavy (non-hydrogen) atoms. The van der Waals surface area contributed by atoms with Crippen molar-refractivity contribution in [3.63, 3.8) is 0 Å². The molecule has 1 saturated heterocycles. The van der Waals surface area contributed by atoms with Gasteiger partial charge < -0.3 is 19.2 Å². The lowest BCUT2D eigenvalue weighted by Crippen LogP contribution is -2.31. The van der Waals surface area contributed by atoms with E-state index in [1.54, 1.807) is 0 Å². The van der Waals surface area contributed by atoms with Crippen LogP contribution in [0.25, 0.3) is 11.0 Å². The number of aryl methyl sites for hydroxylation is 1. The van der Waals surface area contributed by atoms with Gasteiger partial charge in [-0.05, 0) is 63.2 Å². The van der Waals surface area contributed by atoms with Crippen LogP contribution in [0.3, 0.4) is 0 Å². The van der Waals surface area contributed by atoms with Crippen molar-refractivity contribution >= 4 is 19.0 Å². The highest BCUT2D eigenvalue weighted by Crippen LogP contribution is 2.32. The Morgan fingerprint density at radius 2 is 2.17 bits per heavy atom. The Bertz CT molecular complexity index is 666. The van der Waals surface area contributed by atoms with Crippen LogP contribution in [0.5, 0.6) is 5.75 Å². The molecule has 1 fully saturated rings. The molecule has 0 saturated carbocycles. The fraction of sp³-hybridized carbons (Fsp3) is 0.611. The van der Waals surface area contributed by atoms with Crippen molar-refractivity contribution in [1.29, 1.82) is 0 Å². The second-order valence-electron chi connectivity index (χ2n) is 6.84. The Kier molecular flexibility index (Phi) is 5.79. The molecule has 0 aliphatic carbocycles. The molecule has 0 spiro atoms. The van der Waals surface area contributed by atoms with Crippen LogP contribution in [0.4, 0.5) is 0 Å². The van der Waals surface area contributed by atoms with E-state index in [0.717, 1.165) is 36.3 Å². The highest BCUT2D eigenvalue weighted by Gasteiger charge is 2.19. The predicted octanol–water partition coefficient (Wildman–Crippen LogP) is 2.30. The zero-order chi connectivity index (χ0) is 16.9. The van der Waals surface area contributed by atoms with Gasteiger partial charge in [0.25, 0.3) is 0 Å². The van der Waals surface area contributed by atoms with Gasteiger partial charge in [0.1, 0.15) is 5.75 Å². The maximum absolute atomic E-state index is 9.71. The highest BCUT2D eigenvalue weighted by molar-refractivity contribution is 6.04. The summed E-state index contributed by atoms with van der Waals surface area (Å²) in [5.41, 5.74) is 2.38. The summed E-state index contributed by atoms with van der Waals surface area (Å²) in [6.45, 7) is 4.98. The zero-order valence-corrected chi connectivity index (χ0v) is 14.8. The van der Waals surface area contributed by atoms with Crippen molar-refractivity contribution in [3.05, 3.63) is 23.4 Å². The molecule has 0 radical (unpaired) electrons. The van der Waals surface area contributed by atoms with Gasteiger partial charge in [0.05, 0.1) is 24.5 Å². The minimum Gasteiger partial charge on any atom is -0.493 e. The topological polar surface area (TPSA) is 58.7 Å². The Morgan fingerprint density at radius 3 is 2.88 bits per heavy atom. The van der Waals surface area contributed by atoms with Gasteiger partial charge >= 0.3 is 0 Å². The largest absolute Gasteiger partial charge is 0.493 e. The molecule has 0 atom stereocenters. The molecule has 3 rings (SSSR count).